The second-order valence-electron chi connectivity index (χ2n) is 7.32. The van der Waals surface area contributed by atoms with Crippen molar-refractivity contribution in [1.82, 2.24) is 15.5 Å². The molecule has 1 amide bonds. The van der Waals surface area contributed by atoms with Crippen LogP contribution in [0.2, 0.25) is 0 Å². The van der Waals surface area contributed by atoms with Gasteiger partial charge < -0.3 is 20.3 Å². The lowest BCUT2D eigenvalue weighted by Gasteiger charge is -2.32. The molecule has 158 valence electrons. The Morgan fingerprint density at radius 2 is 1.89 bits per heavy atom. The van der Waals surface area contributed by atoms with E-state index in [4.69, 9.17) is 4.74 Å². The first-order valence-corrected chi connectivity index (χ1v) is 9.99. The number of ether oxygens (including phenoxy) is 1. The van der Waals surface area contributed by atoms with Gasteiger partial charge in [0.05, 0.1) is 6.61 Å². The highest BCUT2D eigenvalue weighted by Gasteiger charge is 2.24. The van der Waals surface area contributed by atoms with Gasteiger partial charge in [0.25, 0.3) is 0 Å². The molecule has 7 heteroatoms. The third-order valence-corrected chi connectivity index (χ3v) is 5.11. The van der Waals surface area contributed by atoms with Crippen molar-refractivity contribution in [1.29, 1.82) is 0 Å². The number of amides is 1. The molecule has 1 atom stereocenters. The predicted molar refractivity (Wildman–Crippen MR) is 126 cm³/mol. The number of piperidine rings is 1. The summed E-state index contributed by atoms with van der Waals surface area (Å²) in [5.74, 6) is 1.78. The van der Waals surface area contributed by atoms with Gasteiger partial charge in [-0.25, -0.2) is 4.79 Å². The van der Waals surface area contributed by atoms with Gasteiger partial charge in [-0.05, 0) is 31.2 Å². The Labute approximate surface area is 186 Å². The van der Waals surface area contributed by atoms with E-state index in [1.807, 2.05) is 6.92 Å². The van der Waals surface area contributed by atoms with Gasteiger partial charge in [-0.2, -0.15) is 0 Å². The Bertz CT molecular complexity index is 602. The largest absolute Gasteiger partial charge is 0.450 e. The minimum atomic E-state index is -0.207. The highest BCUT2D eigenvalue weighted by Crippen LogP contribution is 2.23. The molecule has 28 heavy (non-hydrogen) atoms. The molecule has 2 rings (SSSR count). The third kappa shape index (κ3) is 7.48. The van der Waals surface area contributed by atoms with Crippen LogP contribution in [0.5, 0.6) is 0 Å². The number of aliphatic imine (C=N–C) groups is 1. The first kappa shape index (κ1) is 24.5. The van der Waals surface area contributed by atoms with Crippen molar-refractivity contribution >= 4 is 36.0 Å². The molecule has 2 N–H and O–H groups in total. The SMILES string of the molecule is CCOC(=O)N1CCC(NC(=NC)NCC(c2ccccc2)C(C)C)CC1.I. The molecular formula is C21H35IN4O2. The number of carbonyl (C=O) groups excluding carboxylic acids is 1. The average Bonchev–Trinajstić information content (AvgIpc) is 2.68. The van der Waals surface area contributed by atoms with Crippen molar-refractivity contribution in [3.8, 4) is 0 Å². The molecule has 1 aromatic rings. The first-order chi connectivity index (χ1) is 13.0. The molecule has 1 aliphatic rings. The summed E-state index contributed by atoms with van der Waals surface area (Å²) in [7, 11) is 1.80. The zero-order valence-electron chi connectivity index (χ0n) is 17.5. The Morgan fingerprint density at radius 3 is 2.43 bits per heavy atom. The highest BCUT2D eigenvalue weighted by molar-refractivity contribution is 14.0. The lowest BCUT2D eigenvalue weighted by molar-refractivity contribution is 0.0963. The van der Waals surface area contributed by atoms with Gasteiger partial charge in [0.2, 0.25) is 0 Å². The Hall–Kier alpha value is -1.51. The zero-order valence-corrected chi connectivity index (χ0v) is 19.8. The maximum atomic E-state index is 11.8. The van der Waals surface area contributed by atoms with Crippen LogP contribution in [0.1, 0.15) is 45.1 Å². The molecule has 1 aromatic carbocycles. The van der Waals surface area contributed by atoms with Gasteiger partial charge in [-0.1, -0.05) is 44.2 Å². The number of halogens is 1. The van der Waals surface area contributed by atoms with Gasteiger partial charge in [-0.15, -0.1) is 24.0 Å². The molecule has 0 aliphatic carbocycles. The monoisotopic (exact) mass is 502 g/mol. The zero-order chi connectivity index (χ0) is 19.6. The van der Waals surface area contributed by atoms with Crippen molar-refractivity contribution in [2.24, 2.45) is 10.9 Å². The fourth-order valence-corrected chi connectivity index (χ4v) is 3.45. The van der Waals surface area contributed by atoms with E-state index in [-0.39, 0.29) is 30.1 Å². The standard InChI is InChI=1S/C21H34N4O2.HI/c1-5-27-21(26)25-13-11-18(12-14-25)24-20(22-4)23-15-19(16(2)3)17-9-7-6-8-10-17;/h6-10,16,18-19H,5,11-15H2,1-4H3,(H2,22,23,24);1H. The van der Waals surface area contributed by atoms with Crippen LogP contribution in [0, 0.1) is 5.92 Å². The number of benzene rings is 1. The number of nitrogens with one attached hydrogen (secondary N) is 2. The smallest absolute Gasteiger partial charge is 0.409 e. The topological polar surface area (TPSA) is 66.0 Å². The van der Waals surface area contributed by atoms with Crippen LogP contribution in [0.15, 0.2) is 35.3 Å². The maximum absolute atomic E-state index is 11.8. The summed E-state index contributed by atoms with van der Waals surface area (Å²) in [6, 6.07) is 10.9. The second-order valence-corrected chi connectivity index (χ2v) is 7.32. The van der Waals surface area contributed by atoms with Crippen LogP contribution >= 0.6 is 24.0 Å². The van der Waals surface area contributed by atoms with Gasteiger partial charge >= 0.3 is 6.09 Å². The summed E-state index contributed by atoms with van der Waals surface area (Å²) in [6.45, 7) is 9.02. The summed E-state index contributed by atoms with van der Waals surface area (Å²) >= 11 is 0. The van der Waals surface area contributed by atoms with Crippen LogP contribution in [0.3, 0.4) is 0 Å². The molecule has 1 heterocycles. The van der Waals surface area contributed by atoms with Crippen molar-refractivity contribution in [3.63, 3.8) is 0 Å². The minimum absolute atomic E-state index is 0. The number of hydrogen-bond acceptors (Lipinski definition) is 3. The summed E-state index contributed by atoms with van der Waals surface area (Å²) in [5, 5.41) is 6.99. The lowest BCUT2D eigenvalue weighted by atomic mass is 9.88. The molecule has 6 nitrogen and oxygen atoms in total. The summed E-state index contributed by atoms with van der Waals surface area (Å²) in [6.07, 6.45) is 1.58. The van der Waals surface area contributed by atoms with Gasteiger partial charge in [0.15, 0.2) is 5.96 Å². The third-order valence-electron chi connectivity index (χ3n) is 5.11. The average molecular weight is 502 g/mol. The highest BCUT2D eigenvalue weighted by atomic mass is 127. The normalized spacial score (nSPS) is 16.3. The fourth-order valence-electron chi connectivity index (χ4n) is 3.45. The Kier molecular flexibility index (Phi) is 11.3. The molecule has 1 aliphatic heterocycles. The van der Waals surface area contributed by atoms with E-state index in [1.54, 1.807) is 11.9 Å². The predicted octanol–water partition coefficient (Wildman–Crippen LogP) is 3.83. The first-order valence-electron chi connectivity index (χ1n) is 9.99. The van der Waals surface area contributed by atoms with E-state index >= 15 is 0 Å². The van der Waals surface area contributed by atoms with E-state index in [0.29, 0.717) is 37.6 Å². The van der Waals surface area contributed by atoms with E-state index in [9.17, 15) is 4.79 Å². The van der Waals surface area contributed by atoms with Crippen molar-refractivity contribution in [2.75, 3.05) is 33.3 Å². The molecular weight excluding hydrogens is 467 g/mol. The Morgan fingerprint density at radius 1 is 1.25 bits per heavy atom. The molecule has 1 fully saturated rings. The van der Waals surface area contributed by atoms with Crippen molar-refractivity contribution in [2.45, 2.75) is 45.6 Å². The summed E-state index contributed by atoms with van der Waals surface area (Å²) in [4.78, 5) is 18.0. The van der Waals surface area contributed by atoms with Gasteiger partial charge in [0, 0.05) is 38.6 Å². The number of rotatable bonds is 6. The molecule has 1 saturated heterocycles. The molecule has 0 bridgehead atoms. The summed E-state index contributed by atoms with van der Waals surface area (Å²) in [5.41, 5.74) is 1.35. The number of likely N-dealkylation sites (tertiary alicyclic amines) is 1. The number of carbonyl (C=O) groups is 1. The molecule has 0 saturated carbocycles. The molecule has 0 spiro atoms. The molecule has 1 unspecified atom stereocenters. The van der Waals surface area contributed by atoms with Crippen molar-refractivity contribution in [3.05, 3.63) is 35.9 Å². The number of hydrogen-bond donors (Lipinski definition) is 2. The fraction of sp³-hybridized carbons (Fsp3) is 0.619. The molecule has 0 aromatic heterocycles. The number of nitrogens with zero attached hydrogens (tertiary/aromatic N) is 2. The van der Waals surface area contributed by atoms with E-state index in [1.165, 1.54) is 5.56 Å². The number of guanidine groups is 1. The minimum Gasteiger partial charge on any atom is -0.450 e. The van der Waals surface area contributed by atoms with E-state index < -0.39 is 0 Å². The lowest BCUT2D eigenvalue weighted by Crippen LogP contribution is -2.50. The second kappa shape index (κ2) is 12.9. The maximum Gasteiger partial charge on any atom is 0.409 e. The quantitative estimate of drug-likeness (QED) is 0.353. The van der Waals surface area contributed by atoms with Crippen LogP contribution in [-0.2, 0) is 4.74 Å². The van der Waals surface area contributed by atoms with Gasteiger partial charge in [-0.3, -0.25) is 4.99 Å². The van der Waals surface area contributed by atoms with E-state index in [2.05, 4.69) is 59.8 Å². The van der Waals surface area contributed by atoms with Crippen LogP contribution in [0.4, 0.5) is 4.79 Å². The van der Waals surface area contributed by atoms with Gasteiger partial charge in [0.1, 0.15) is 0 Å². The Balaban J connectivity index is 0.00000392. The van der Waals surface area contributed by atoms with Crippen LogP contribution in [0.25, 0.3) is 0 Å². The van der Waals surface area contributed by atoms with Crippen LogP contribution in [-0.4, -0.2) is 56.3 Å². The van der Waals surface area contributed by atoms with Crippen molar-refractivity contribution < 1.29 is 9.53 Å². The summed E-state index contributed by atoms with van der Waals surface area (Å²) < 4.78 is 5.08. The van der Waals surface area contributed by atoms with Crippen LogP contribution < -0.4 is 10.6 Å². The molecule has 0 radical (unpaired) electrons. The van der Waals surface area contributed by atoms with E-state index in [0.717, 1.165) is 25.3 Å².